The number of thioether (sulfide) groups is 1. The first kappa shape index (κ1) is 31.5. The van der Waals surface area contributed by atoms with Gasteiger partial charge in [0.25, 0.3) is 0 Å². The lowest BCUT2D eigenvalue weighted by Gasteiger charge is -2.40. The van der Waals surface area contributed by atoms with Crippen LogP contribution in [-0.4, -0.2) is 88.3 Å². The minimum Gasteiger partial charge on any atom is -0.465 e. The summed E-state index contributed by atoms with van der Waals surface area (Å²) in [6, 6.07) is 15.0. The summed E-state index contributed by atoms with van der Waals surface area (Å²) in [7, 11) is 0. The minimum atomic E-state index is -0.962. The van der Waals surface area contributed by atoms with Gasteiger partial charge in [0.15, 0.2) is 0 Å². The zero-order valence-corrected chi connectivity index (χ0v) is 27.2. The molecule has 2 amide bonds. The van der Waals surface area contributed by atoms with E-state index in [-0.39, 0.29) is 48.3 Å². The van der Waals surface area contributed by atoms with Gasteiger partial charge in [0, 0.05) is 16.6 Å². The standard InChI is InChI=1S/C33H36BrN5O5S/c1-3-5-11-17-44-32(43)26-27-30(41)39(25(19-40)21-12-7-6-8-13-21)29(33(27)18-22(34)28(26)45-33)31(42)37(16-4-2)20-38-24-15-10-9-14-23(24)35-36-38/h3-4,6-10,12-15,22,25-29,40H,1-2,5,11,16-20H2/t22?,25-,26+,27+,28+,29?,33?/m1/s1. The Morgan fingerprint density at radius 2 is 1.93 bits per heavy atom. The van der Waals surface area contributed by atoms with Gasteiger partial charge in [0.05, 0.1) is 41.4 Å². The Bertz CT molecular complexity index is 1600. The molecule has 3 aliphatic heterocycles. The van der Waals surface area contributed by atoms with Gasteiger partial charge in [-0.25, -0.2) is 4.68 Å². The smallest absolute Gasteiger partial charge is 0.310 e. The van der Waals surface area contributed by atoms with Crippen molar-refractivity contribution in [3.05, 3.63) is 85.5 Å². The highest BCUT2D eigenvalue weighted by Gasteiger charge is 2.76. The maximum absolute atomic E-state index is 14.9. The summed E-state index contributed by atoms with van der Waals surface area (Å²) >= 11 is 5.34. The molecule has 3 fully saturated rings. The lowest BCUT2D eigenvalue weighted by molar-refractivity contribution is -0.154. The number of unbranched alkanes of at least 4 members (excludes halogenated alkanes) is 1. The van der Waals surface area contributed by atoms with Gasteiger partial charge in [-0.05, 0) is 37.0 Å². The number of carbonyl (C=O) groups excluding carboxylic acids is 3. The van der Waals surface area contributed by atoms with Crippen LogP contribution in [0.1, 0.15) is 30.9 Å². The molecule has 0 saturated carbocycles. The monoisotopic (exact) mass is 693 g/mol. The molecule has 4 heterocycles. The van der Waals surface area contributed by atoms with Crippen LogP contribution in [0.5, 0.6) is 0 Å². The van der Waals surface area contributed by atoms with Crippen molar-refractivity contribution in [3.63, 3.8) is 0 Å². The van der Waals surface area contributed by atoms with Crippen LogP contribution in [0.15, 0.2) is 79.9 Å². The second-order valence-electron chi connectivity index (χ2n) is 11.7. The number of likely N-dealkylation sites (tertiary alicyclic amines) is 1. The Kier molecular flexibility index (Phi) is 9.17. The van der Waals surface area contributed by atoms with Crippen molar-refractivity contribution in [2.24, 2.45) is 11.8 Å². The van der Waals surface area contributed by atoms with Crippen molar-refractivity contribution in [3.8, 4) is 0 Å². The number of fused-ring (bicyclic) bond motifs is 2. The summed E-state index contributed by atoms with van der Waals surface area (Å²) in [6.45, 7) is 7.74. The van der Waals surface area contributed by atoms with Crippen LogP contribution in [0.4, 0.5) is 0 Å². The molecular weight excluding hydrogens is 658 g/mol. The Morgan fingerprint density at radius 3 is 2.67 bits per heavy atom. The number of para-hydroxylation sites is 1. The van der Waals surface area contributed by atoms with E-state index in [1.54, 1.807) is 26.6 Å². The number of aliphatic hydroxyl groups is 1. The van der Waals surface area contributed by atoms with E-state index in [1.165, 1.54) is 11.8 Å². The average molecular weight is 695 g/mol. The molecule has 1 spiro atoms. The highest BCUT2D eigenvalue weighted by Crippen LogP contribution is 2.68. The Labute approximate surface area is 274 Å². The van der Waals surface area contributed by atoms with Crippen molar-refractivity contribution in [1.82, 2.24) is 24.8 Å². The van der Waals surface area contributed by atoms with E-state index in [2.05, 4.69) is 39.4 Å². The molecule has 7 atom stereocenters. The number of esters is 1. The maximum Gasteiger partial charge on any atom is 0.310 e. The second-order valence-corrected chi connectivity index (χ2v) is 14.4. The number of carbonyl (C=O) groups is 3. The number of nitrogens with zero attached hydrogens (tertiary/aromatic N) is 5. The molecule has 1 N–H and O–H groups in total. The molecule has 2 aromatic carbocycles. The zero-order chi connectivity index (χ0) is 31.7. The van der Waals surface area contributed by atoms with Gasteiger partial charge in [-0.2, -0.15) is 0 Å². The predicted octanol–water partition coefficient (Wildman–Crippen LogP) is 4.11. The molecule has 0 radical (unpaired) electrons. The quantitative estimate of drug-likeness (QED) is 0.123. The number of rotatable bonds is 13. The fourth-order valence-electron chi connectivity index (χ4n) is 7.21. The summed E-state index contributed by atoms with van der Waals surface area (Å²) in [5.74, 6) is -2.55. The van der Waals surface area contributed by atoms with Gasteiger partial charge < -0.3 is 19.6 Å². The van der Waals surface area contributed by atoms with E-state index in [0.717, 1.165) is 5.52 Å². The van der Waals surface area contributed by atoms with E-state index in [0.29, 0.717) is 30.3 Å². The Balaban J connectivity index is 1.41. The fraction of sp³-hybridized carbons (Fsp3) is 0.424. The normalized spacial score (nSPS) is 27.4. The third-order valence-electron chi connectivity index (χ3n) is 9.11. The topological polar surface area (TPSA) is 118 Å². The van der Waals surface area contributed by atoms with Gasteiger partial charge in [-0.1, -0.05) is 75.8 Å². The zero-order valence-electron chi connectivity index (χ0n) is 24.8. The summed E-state index contributed by atoms with van der Waals surface area (Å²) in [6.07, 6.45) is 5.28. The minimum absolute atomic E-state index is 0.0837. The summed E-state index contributed by atoms with van der Waals surface area (Å²) in [5, 5.41) is 19.1. The van der Waals surface area contributed by atoms with Crippen LogP contribution in [0.2, 0.25) is 0 Å². The number of amides is 2. The number of ether oxygens (including phenoxy) is 1. The van der Waals surface area contributed by atoms with Crippen LogP contribution in [0, 0.1) is 11.8 Å². The largest absolute Gasteiger partial charge is 0.465 e. The number of hydrogen-bond acceptors (Lipinski definition) is 8. The number of hydrogen-bond donors (Lipinski definition) is 1. The molecule has 3 aromatic rings. The van der Waals surface area contributed by atoms with Crippen molar-refractivity contribution in [1.29, 1.82) is 0 Å². The Hall–Kier alpha value is -3.48. The van der Waals surface area contributed by atoms with Crippen molar-refractivity contribution in [2.45, 2.75) is 52.8 Å². The van der Waals surface area contributed by atoms with E-state index in [4.69, 9.17) is 4.74 Å². The van der Waals surface area contributed by atoms with Gasteiger partial charge in [-0.15, -0.1) is 30.0 Å². The van der Waals surface area contributed by atoms with E-state index in [9.17, 15) is 19.5 Å². The van der Waals surface area contributed by atoms with E-state index in [1.807, 2.05) is 54.6 Å². The first-order valence-corrected chi connectivity index (χ1v) is 16.9. The molecule has 3 saturated heterocycles. The second kappa shape index (κ2) is 13.1. The van der Waals surface area contributed by atoms with Gasteiger partial charge in [0.1, 0.15) is 18.2 Å². The van der Waals surface area contributed by atoms with Crippen LogP contribution in [-0.2, 0) is 25.8 Å². The number of allylic oxidation sites excluding steroid dienone is 1. The number of halogens is 1. The van der Waals surface area contributed by atoms with E-state index < -0.39 is 34.6 Å². The van der Waals surface area contributed by atoms with Crippen molar-refractivity contribution >= 4 is 56.5 Å². The third kappa shape index (κ3) is 5.40. The number of aromatic nitrogens is 3. The molecule has 6 rings (SSSR count). The Morgan fingerprint density at radius 1 is 1.18 bits per heavy atom. The molecule has 10 nitrogen and oxygen atoms in total. The molecule has 0 aliphatic carbocycles. The average Bonchev–Trinajstić information content (AvgIpc) is 3.77. The lowest BCUT2D eigenvalue weighted by atomic mass is 9.71. The maximum atomic E-state index is 14.9. The highest BCUT2D eigenvalue weighted by molar-refractivity contribution is 9.09. The van der Waals surface area contributed by atoms with Crippen LogP contribution in [0.3, 0.4) is 0 Å². The van der Waals surface area contributed by atoms with Crippen LogP contribution in [0.25, 0.3) is 11.0 Å². The first-order chi connectivity index (χ1) is 21.9. The third-order valence-corrected chi connectivity index (χ3v) is 12.3. The first-order valence-electron chi connectivity index (χ1n) is 15.1. The molecule has 3 aliphatic rings. The molecule has 236 valence electrons. The van der Waals surface area contributed by atoms with Crippen molar-refractivity contribution < 1.29 is 24.2 Å². The van der Waals surface area contributed by atoms with Gasteiger partial charge in [0.2, 0.25) is 11.8 Å². The summed E-state index contributed by atoms with van der Waals surface area (Å²) in [5.41, 5.74) is 2.17. The fourth-order valence-corrected chi connectivity index (χ4v) is 10.8. The number of aliphatic hydroxyl groups excluding tert-OH is 1. The summed E-state index contributed by atoms with van der Waals surface area (Å²) in [4.78, 5) is 46.3. The molecular formula is C33H36BrN5O5S. The molecule has 2 bridgehead atoms. The van der Waals surface area contributed by atoms with Crippen molar-refractivity contribution in [2.75, 3.05) is 19.8 Å². The SMILES string of the molecule is C=CCCCOC(=O)[C@H]1[C@H]2C(=O)N([C@H](CO)c3ccccc3)C(C(=O)N(CC=C)Cn3nnc4ccccc43)C23CC(Br)[C@@H]1S3. The lowest BCUT2D eigenvalue weighted by Crippen LogP contribution is -2.56. The summed E-state index contributed by atoms with van der Waals surface area (Å²) < 4.78 is 6.46. The van der Waals surface area contributed by atoms with Crippen LogP contribution < -0.4 is 0 Å². The highest BCUT2D eigenvalue weighted by atomic mass is 79.9. The molecule has 1 aromatic heterocycles. The number of alkyl halides is 1. The van der Waals surface area contributed by atoms with Gasteiger partial charge in [-0.3, -0.25) is 14.4 Å². The number of benzene rings is 2. The van der Waals surface area contributed by atoms with Gasteiger partial charge >= 0.3 is 5.97 Å². The molecule has 3 unspecified atom stereocenters. The molecule has 12 heteroatoms. The predicted molar refractivity (Wildman–Crippen MR) is 175 cm³/mol. The molecule has 45 heavy (non-hydrogen) atoms. The van der Waals surface area contributed by atoms with Crippen LogP contribution >= 0.6 is 27.7 Å². The van der Waals surface area contributed by atoms with E-state index >= 15 is 0 Å².